The highest BCUT2D eigenvalue weighted by Gasteiger charge is 2.31. The monoisotopic (exact) mass is 300 g/mol. The Morgan fingerprint density at radius 3 is 2.89 bits per heavy atom. The van der Waals surface area contributed by atoms with Gasteiger partial charge in [0.2, 0.25) is 15.9 Å². The van der Waals surface area contributed by atoms with Gasteiger partial charge in [0.15, 0.2) is 0 Å². The number of amides is 1. The van der Waals surface area contributed by atoms with E-state index in [9.17, 15) is 13.2 Å². The summed E-state index contributed by atoms with van der Waals surface area (Å²) in [6, 6.07) is 2.86. The van der Waals surface area contributed by atoms with Crippen molar-refractivity contribution < 1.29 is 13.2 Å². The number of carbonyl (C=O) groups excluding carboxylic acids is 1. The Bertz CT molecular complexity index is 629. The predicted molar refractivity (Wildman–Crippen MR) is 71.9 cm³/mol. The van der Waals surface area contributed by atoms with Gasteiger partial charge in [0.1, 0.15) is 15.6 Å². The number of carbonyl (C=O) groups is 1. The van der Waals surface area contributed by atoms with Crippen LogP contribution in [0.5, 0.6) is 0 Å². The highest BCUT2D eigenvalue weighted by molar-refractivity contribution is 7.89. The lowest BCUT2D eigenvalue weighted by atomic mass is 10.3. The Morgan fingerprint density at radius 2 is 2.26 bits per heavy atom. The van der Waals surface area contributed by atoms with Gasteiger partial charge in [-0.2, -0.15) is 4.31 Å². The largest absolute Gasteiger partial charge is 0.388 e. The molecule has 0 saturated carbocycles. The van der Waals surface area contributed by atoms with Crippen LogP contribution in [0.4, 0.5) is 0 Å². The van der Waals surface area contributed by atoms with E-state index in [-0.39, 0.29) is 41.1 Å². The molecule has 0 radical (unpaired) electrons. The number of sulfonamides is 1. The third-order valence-electron chi connectivity index (χ3n) is 2.63. The first-order valence-electron chi connectivity index (χ1n) is 5.44. The molecule has 2 rings (SSSR count). The number of hydrogen-bond acceptors (Lipinski definition) is 5. The van der Waals surface area contributed by atoms with Crippen molar-refractivity contribution >= 4 is 33.1 Å². The van der Waals surface area contributed by atoms with E-state index in [4.69, 9.17) is 18.0 Å². The van der Waals surface area contributed by atoms with E-state index in [1.807, 2.05) is 0 Å². The third-order valence-corrected chi connectivity index (χ3v) is 4.70. The molecule has 1 fully saturated rings. The number of nitrogens with two attached hydrogens (primary N) is 1. The van der Waals surface area contributed by atoms with Crippen molar-refractivity contribution in [1.29, 1.82) is 0 Å². The van der Waals surface area contributed by atoms with E-state index in [1.54, 1.807) is 0 Å². The summed E-state index contributed by atoms with van der Waals surface area (Å²) in [5.74, 6) is -0.337. The third kappa shape index (κ3) is 2.72. The summed E-state index contributed by atoms with van der Waals surface area (Å²) in [6.07, 6.45) is 1.41. The van der Waals surface area contributed by atoms with Crippen LogP contribution in [0.25, 0.3) is 0 Å². The highest BCUT2D eigenvalue weighted by atomic mass is 32.2. The number of rotatable bonds is 3. The van der Waals surface area contributed by atoms with E-state index in [2.05, 4.69) is 10.3 Å². The number of pyridine rings is 1. The number of hydrogen-bond donors (Lipinski definition) is 2. The molecule has 102 valence electrons. The molecule has 7 nitrogen and oxygen atoms in total. The van der Waals surface area contributed by atoms with Gasteiger partial charge in [-0.25, -0.2) is 8.42 Å². The second kappa shape index (κ2) is 5.19. The fraction of sp³-hybridized carbons (Fsp3) is 0.300. The average Bonchev–Trinajstić information content (AvgIpc) is 2.38. The summed E-state index contributed by atoms with van der Waals surface area (Å²) in [6.45, 7) is 0.272. The minimum atomic E-state index is -3.83. The second-order valence-corrected chi connectivity index (χ2v) is 6.25. The Labute approximate surface area is 115 Å². The first-order valence-corrected chi connectivity index (χ1v) is 7.29. The fourth-order valence-corrected chi connectivity index (χ4v) is 3.52. The SMILES string of the molecule is NC(=S)c1ncccc1S(=O)(=O)N1CCNC(=O)C1. The molecule has 1 saturated heterocycles. The van der Waals surface area contributed by atoms with Gasteiger partial charge in [-0.1, -0.05) is 12.2 Å². The van der Waals surface area contributed by atoms with Gasteiger partial charge in [-0.15, -0.1) is 0 Å². The number of nitrogens with zero attached hydrogens (tertiary/aromatic N) is 2. The Morgan fingerprint density at radius 1 is 1.53 bits per heavy atom. The molecule has 1 aliphatic rings. The van der Waals surface area contributed by atoms with Gasteiger partial charge in [0.05, 0.1) is 6.54 Å². The number of nitrogens with one attached hydrogen (secondary N) is 1. The molecule has 19 heavy (non-hydrogen) atoms. The summed E-state index contributed by atoms with van der Waals surface area (Å²) in [4.78, 5) is 15.0. The molecule has 1 amide bonds. The molecular formula is C10H12N4O3S2. The molecule has 9 heteroatoms. The van der Waals surface area contributed by atoms with Gasteiger partial charge in [-0.3, -0.25) is 9.78 Å². The summed E-state index contributed by atoms with van der Waals surface area (Å²) in [7, 11) is -3.83. The molecular weight excluding hydrogens is 288 g/mol. The standard InChI is InChI=1S/C10H12N4O3S2/c11-10(18)9-7(2-1-3-13-9)19(16,17)14-5-4-12-8(15)6-14/h1-3H,4-6H2,(H2,11,18)(H,12,15). The van der Waals surface area contributed by atoms with Crippen LogP contribution in [0.1, 0.15) is 5.69 Å². The molecule has 0 atom stereocenters. The Balaban J connectivity index is 2.45. The zero-order valence-electron chi connectivity index (χ0n) is 9.87. The first kappa shape index (κ1) is 13.8. The lowest BCUT2D eigenvalue weighted by Crippen LogP contribution is -2.50. The number of piperazine rings is 1. The smallest absolute Gasteiger partial charge is 0.245 e. The van der Waals surface area contributed by atoms with Crippen LogP contribution < -0.4 is 11.1 Å². The second-order valence-electron chi connectivity index (χ2n) is 3.90. The van der Waals surface area contributed by atoms with Crippen LogP contribution in [0.3, 0.4) is 0 Å². The average molecular weight is 300 g/mol. The molecule has 0 aliphatic carbocycles. The van der Waals surface area contributed by atoms with Crippen LogP contribution in [-0.2, 0) is 14.8 Å². The summed E-state index contributed by atoms with van der Waals surface area (Å²) in [5, 5.41) is 2.56. The van der Waals surface area contributed by atoms with Crippen molar-refractivity contribution in [2.45, 2.75) is 4.90 Å². The maximum Gasteiger partial charge on any atom is 0.245 e. The van der Waals surface area contributed by atoms with Gasteiger partial charge < -0.3 is 11.1 Å². The normalized spacial score (nSPS) is 16.9. The van der Waals surface area contributed by atoms with Crippen LogP contribution in [0.15, 0.2) is 23.2 Å². The molecule has 3 N–H and O–H groups in total. The molecule has 0 unspecified atom stereocenters. The van der Waals surface area contributed by atoms with Crippen LogP contribution in [-0.4, -0.2) is 48.2 Å². The molecule has 2 heterocycles. The fourth-order valence-electron chi connectivity index (χ4n) is 1.74. The van der Waals surface area contributed by atoms with Crippen LogP contribution in [0, 0.1) is 0 Å². The van der Waals surface area contributed by atoms with E-state index >= 15 is 0 Å². The maximum absolute atomic E-state index is 12.4. The first-order chi connectivity index (χ1) is 8.93. The molecule has 1 aromatic heterocycles. The Hall–Kier alpha value is -1.58. The maximum atomic E-state index is 12.4. The van der Waals surface area contributed by atoms with Crippen molar-refractivity contribution in [2.75, 3.05) is 19.6 Å². The van der Waals surface area contributed by atoms with E-state index in [0.717, 1.165) is 4.31 Å². The molecule has 0 bridgehead atoms. The topological polar surface area (TPSA) is 105 Å². The molecule has 1 aliphatic heterocycles. The summed E-state index contributed by atoms with van der Waals surface area (Å²) < 4.78 is 26.0. The zero-order valence-corrected chi connectivity index (χ0v) is 11.5. The lowest BCUT2D eigenvalue weighted by molar-refractivity contribution is -0.122. The van der Waals surface area contributed by atoms with E-state index < -0.39 is 10.0 Å². The van der Waals surface area contributed by atoms with Gasteiger partial charge in [0, 0.05) is 19.3 Å². The Kier molecular flexibility index (Phi) is 3.78. The van der Waals surface area contributed by atoms with Crippen molar-refractivity contribution in [3.63, 3.8) is 0 Å². The number of aromatic nitrogens is 1. The van der Waals surface area contributed by atoms with E-state index in [1.165, 1.54) is 18.3 Å². The van der Waals surface area contributed by atoms with E-state index in [0.29, 0.717) is 0 Å². The zero-order chi connectivity index (χ0) is 14.0. The van der Waals surface area contributed by atoms with Gasteiger partial charge in [-0.05, 0) is 12.1 Å². The quantitative estimate of drug-likeness (QED) is 0.682. The predicted octanol–water partition coefficient (Wildman–Crippen LogP) is -1.16. The molecule has 0 aromatic carbocycles. The lowest BCUT2D eigenvalue weighted by Gasteiger charge is -2.26. The summed E-state index contributed by atoms with van der Waals surface area (Å²) >= 11 is 4.80. The van der Waals surface area contributed by atoms with Crippen molar-refractivity contribution in [1.82, 2.24) is 14.6 Å². The van der Waals surface area contributed by atoms with Crippen molar-refractivity contribution in [3.8, 4) is 0 Å². The molecule has 1 aromatic rings. The van der Waals surface area contributed by atoms with Crippen molar-refractivity contribution in [2.24, 2.45) is 5.73 Å². The minimum Gasteiger partial charge on any atom is -0.388 e. The highest BCUT2D eigenvalue weighted by Crippen LogP contribution is 2.19. The van der Waals surface area contributed by atoms with Gasteiger partial charge in [0.25, 0.3) is 0 Å². The van der Waals surface area contributed by atoms with Crippen LogP contribution >= 0.6 is 12.2 Å². The summed E-state index contributed by atoms with van der Waals surface area (Å²) in [5.41, 5.74) is 5.52. The minimum absolute atomic E-state index is 0.0449. The van der Waals surface area contributed by atoms with Crippen LogP contribution in [0.2, 0.25) is 0 Å². The number of thiocarbonyl (C=S) groups is 1. The van der Waals surface area contributed by atoms with Gasteiger partial charge >= 0.3 is 0 Å². The molecule has 0 spiro atoms. The van der Waals surface area contributed by atoms with Crippen molar-refractivity contribution in [3.05, 3.63) is 24.0 Å².